The molecular weight excluding hydrogens is 728 g/mol. The Morgan fingerprint density at radius 2 is 1.68 bits per heavy atom. The first-order chi connectivity index (χ1) is 26.3. The molecule has 1 amide bonds. The van der Waals surface area contributed by atoms with Gasteiger partial charge in [0, 0.05) is 55.8 Å². The largest absolute Gasteiger partial charge is 0.413 e. The number of fused-ring (bicyclic) bond motifs is 4. The van der Waals surface area contributed by atoms with E-state index in [1.807, 2.05) is 51.1 Å². The van der Waals surface area contributed by atoms with Crippen LogP contribution < -0.4 is 16.4 Å². The summed E-state index contributed by atoms with van der Waals surface area (Å²) in [5.74, 6) is -0.295. The van der Waals surface area contributed by atoms with Gasteiger partial charge in [-0.3, -0.25) is 14.4 Å². The first kappa shape index (κ1) is 39.3. The molecule has 4 heterocycles. The highest BCUT2D eigenvalue weighted by molar-refractivity contribution is 6.74. The number of benzene rings is 2. The molecule has 5 aromatic rings. The Morgan fingerprint density at radius 3 is 2.34 bits per heavy atom. The monoisotopic (exact) mass is 778 g/mol. The van der Waals surface area contributed by atoms with Gasteiger partial charge in [-0.1, -0.05) is 53.7 Å². The number of hydrogen-bond donors (Lipinski definition) is 1. The molecule has 2 aliphatic rings. The molecule has 1 atom stereocenters. The van der Waals surface area contributed by atoms with Gasteiger partial charge < -0.3 is 23.9 Å². The SMILES string of the molecule is Cn1c2c(cc(Nc3ccc(C(=O)N4CCOCC4)cn3)c1=O)-c1cccc(-n3ncc4cc(C(C)(C)C)cc(F)c4c3=O)c1C[C@H](O[Si](C)(C)C(C)(C)C)C2. The third kappa shape index (κ3) is 7.35. The first-order valence-corrected chi connectivity index (χ1v) is 22.1. The quantitative estimate of drug-likeness (QED) is 0.179. The predicted molar refractivity (Wildman–Crippen MR) is 220 cm³/mol. The Bertz CT molecular complexity index is 2460. The van der Waals surface area contributed by atoms with Crippen molar-refractivity contribution in [1.82, 2.24) is 24.2 Å². The highest BCUT2D eigenvalue weighted by Gasteiger charge is 2.40. The number of pyridine rings is 2. The van der Waals surface area contributed by atoms with E-state index in [1.165, 1.54) is 16.9 Å². The van der Waals surface area contributed by atoms with E-state index in [1.54, 1.807) is 34.8 Å². The van der Waals surface area contributed by atoms with Crippen LogP contribution in [-0.4, -0.2) is 70.9 Å². The van der Waals surface area contributed by atoms with Crippen molar-refractivity contribution in [3.8, 4) is 16.8 Å². The molecule has 0 radical (unpaired) electrons. The van der Waals surface area contributed by atoms with Crippen molar-refractivity contribution in [2.75, 3.05) is 31.6 Å². The predicted octanol–water partition coefficient (Wildman–Crippen LogP) is 7.29. The van der Waals surface area contributed by atoms with Gasteiger partial charge in [0.05, 0.1) is 42.2 Å². The third-order valence-electron chi connectivity index (χ3n) is 11.6. The lowest BCUT2D eigenvalue weighted by atomic mass is 9.86. The summed E-state index contributed by atoms with van der Waals surface area (Å²) in [7, 11) is -0.565. The normalized spacial score (nSPS) is 16.3. The summed E-state index contributed by atoms with van der Waals surface area (Å²) in [5.41, 5.74) is 4.14. The van der Waals surface area contributed by atoms with Gasteiger partial charge in [-0.25, -0.2) is 9.37 Å². The smallest absolute Gasteiger partial charge is 0.282 e. The first-order valence-electron chi connectivity index (χ1n) is 19.2. The van der Waals surface area contributed by atoms with Gasteiger partial charge in [-0.2, -0.15) is 9.78 Å². The molecule has 7 rings (SSSR count). The van der Waals surface area contributed by atoms with Crippen molar-refractivity contribution >= 4 is 36.5 Å². The minimum absolute atomic E-state index is 0.0206. The third-order valence-corrected chi connectivity index (χ3v) is 16.1. The molecule has 1 aliphatic carbocycles. The number of halogens is 1. The van der Waals surface area contributed by atoms with Gasteiger partial charge in [-0.15, -0.1) is 0 Å². The van der Waals surface area contributed by atoms with E-state index in [-0.39, 0.29) is 33.4 Å². The molecule has 3 aromatic heterocycles. The second-order valence-electron chi connectivity index (χ2n) is 17.5. The van der Waals surface area contributed by atoms with Crippen molar-refractivity contribution in [3.63, 3.8) is 0 Å². The summed E-state index contributed by atoms with van der Waals surface area (Å²) in [6.07, 6.45) is 3.62. The Hall–Kier alpha value is -4.98. The second-order valence-corrected chi connectivity index (χ2v) is 22.2. The summed E-state index contributed by atoms with van der Waals surface area (Å²) in [6, 6.07) is 14.2. The standard InChI is InChI=1S/C43H51FN6O5Si/c1-42(2,3)28-19-27-25-46-50(41(53)38(27)33(44)20-28)35-12-10-11-30-31(35)21-29(55-56(8,9)43(4,5)6)22-36-32(30)23-34(40(52)48(36)7)47-37-14-13-26(24-45-37)39(51)49-15-17-54-18-16-49/h10-14,19-20,23-25,29H,15-18,21-22H2,1-9H3,(H,45,47)/t29-/m0/s1. The number of aromatic nitrogens is 4. The lowest BCUT2D eigenvalue weighted by molar-refractivity contribution is 0.0302. The summed E-state index contributed by atoms with van der Waals surface area (Å²) >= 11 is 0. The van der Waals surface area contributed by atoms with Crippen LogP contribution in [0.2, 0.25) is 18.1 Å². The molecule has 0 spiro atoms. The summed E-state index contributed by atoms with van der Waals surface area (Å²) < 4.78 is 31.2. The Balaban J connectivity index is 1.35. The van der Waals surface area contributed by atoms with Crippen molar-refractivity contribution < 1.29 is 18.3 Å². The highest BCUT2D eigenvalue weighted by Crippen LogP contribution is 2.41. The number of carbonyl (C=O) groups excluding carboxylic acids is 1. The molecule has 1 aliphatic heterocycles. The fourth-order valence-electron chi connectivity index (χ4n) is 7.29. The van der Waals surface area contributed by atoms with Crippen molar-refractivity contribution in [3.05, 3.63) is 110 Å². The Kier molecular flexibility index (Phi) is 10.2. The Morgan fingerprint density at radius 1 is 0.946 bits per heavy atom. The van der Waals surface area contributed by atoms with Crippen molar-refractivity contribution in [1.29, 1.82) is 0 Å². The second kappa shape index (κ2) is 14.5. The van der Waals surface area contributed by atoms with Gasteiger partial charge >= 0.3 is 0 Å². The van der Waals surface area contributed by atoms with Crippen LogP contribution in [0.15, 0.2) is 70.5 Å². The number of anilines is 2. The van der Waals surface area contributed by atoms with Crippen LogP contribution in [0.1, 0.15) is 68.7 Å². The minimum Gasteiger partial charge on any atom is -0.413 e. The molecule has 1 N–H and O–H groups in total. The number of rotatable bonds is 6. The zero-order valence-electron chi connectivity index (χ0n) is 33.7. The number of ether oxygens (including phenoxy) is 1. The van der Waals surface area contributed by atoms with Crippen LogP contribution in [0.3, 0.4) is 0 Å². The van der Waals surface area contributed by atoms with E-state index in [0.717, 1.165) is 27.9 Å². The topological polar surface area (TPSA) is 121 Å². The maximum Gasteiger partial charge on any atom is 0.282 e. The molecule has 11 nitrogen and oxygen atoms in total. The summed E-state index contributed by atoms with van der Waals surface area (Å²) in [4.78, 5) is 47.5. The molecule has 1 fully saturated rings. The van der Waals surface area contributed by atoms with E-state index in [0.29, 0.717) is 67.3 Å². The fraction of sp³-hybridized carbons (Fsp3) is 0.419. The average molecular weight is 779 g/mol. The van der Waals surface area contributed by atoms with E-state index in [2.05, 4.69) is 49.3 Å². The fourth-order valence-corrected chi connectivity index (χ4v) is 8.65. The molecular formula is C43H51FN6O5Si. The van der Waals surface area contributed by atoms with E-state index >= 15 is 4.39 Å². The van der Waals surface area contributed by atoms with E-state index in [9.17, 15) is 14.4 Å². The van der Waals surface area contributed by atoms with E-state index < -0.39 is 19.7 Å². The van der Waals surface area contributed by atoms with Gasteiger partial charge in [0.25, 0.3) is 17.0 Å². The van der Waals surface area contributed by atoms with Gasteiger partial charge in [-0.05, 0) is 76.6 Å². The lowest BCUT2D eigenvalue weighted by Crippen LogP contribution is -2.45. The zero-order chi connectivity index (χ0) is 40.3. The average Bonchev–Trinajstić information content (AvgIpc) is 3.29. The van der Waals surface area contributed by atoms with Crippen LogP contribution in [0, 0.1) is 5.82 Å². The minimum atomic E-state index is -2.32. The van der Waals surface area contributed by atoms with Crippen molar-refractivity contribution in [2.45, 2.75) is 84.0 Å². The highest BCUT2D eigenvalue weighted by atomic mass is 28.4. The number of nitrogens with one attached hydrogen (secondary N) is 1. The molecule has 2 aromatic carbocycles. The Labute approximate surface area is 327 Å². The number of morpholine rings is 1. The lowest BCUT2D eigenvalue weighted by Gasteiger charge is -2.39. The number of carbonyl (C=O) groups is 1. The molecule has 1 saturated heterocycles. The number of nitrogens with zero attached hydrogens (tertiary/aromatic N) is 5. The maximum atomic E-state index is 15.8. The molecule has 294 valence electrons. The molecule has 13 heteroatoms. The van der Waals surface area contributed by atoms with Crippen LogP contribution >= 0.6 is 0 Å². The number of amides is 1. The summed E-state index contributed by atoms with van der Waals surface area (Å²) in [6.45, 7) is 19.0. The van der Waals surface area contributed by atoms with Crippen LogP contribution in [-0.2, 0) is 34.5 Å². The maximum absolute atomic E-state index is 15.8. The van der Waals surface area contributed by atoms with E-state index in [4.69, 9.17) is 9.16 Å². The zero-order valence-corrected chi connectivity index (χ0v) is 34.7. The van der Waals surface area contributed by atoms with Gasteiger partial charge in [0.2, 0.25) is 0 Å². The van der Waals surface area contributed by atoms with Crippen LogP contribution in [0.4, 0.5) is 15.9 Å². The number of hydrogen-bond acceptors (Lipinski definition) is 8. The molecule has 0 bridgehead atoms. The molecule has 0 unspecified atom stereocenters. The molecule has 0 saturated carbocycles. The molecule has 56 heavy (non-hydrogen) atoms. The van der Waals surface area contributed by atoms with Gasteiger partial charge in [0.15, 0.2) is 8.32 Å². The van der Waals surface area contributed by atoms with Crippen molar-refractivity contribution in [2.24, 2.45) is 7.05 Å². The van der Waals surface area contributed by atoms with Crippen LogP contribution in [0.5, 0.6) is 0 Å². The van der Waals surface area contributed by atoms with Crippen LogP contribution in [0.25, 0.3) is 27.6 Å². The van der Waals surface area contributed by atoms with Gasteiger partial charge in [0.1, 0.15) is 17.3 Å². The summed E-state index contributed by atoms with van der Waals surface area (Å²) in [5, 5.41) is 8.17.